The SMILES string of the molecule is CCC(C)(O)CC[C@H](O)C(=O)OC(C)(C)C. The van der Waals surface area contributed by atoms with E-state index in [2.05, 4.69) is 0 Å². The van der Waals surface area contributed by atoms with E-state index in [0.29, 0.717) is 12.8 Å². The van der Waals surface area contributed by atoms with Gasteiger partial charge in [0.2, 0.25) is 0 Å². The molecular weight excluding hydrogens is 208 g/mol. The summed E-state index contributed by atoms with van der Waals surface area (Å²) in [5.74, 6) is -0.626. The first-order valence-corrected chi connectivity index (χ1v) is 5.71. The Morgan fingerprint density at radius 2 is 1.81 bits per heavy atom. The molecule has 0 amide bonds. The number of ether oxygens (including phenoxy) is 1. The van der Waals surface area contributed by atoms with E-state index in [9.17, 15) is 15.0 Å². The van der Waals surface area contributed by atoms with Crippen molar-refractivity contribution in [2.24, 2.45) is 0 Å². The highest BCUT2D eigenvalue weighted by atomic mass is 16.6. The van der Waals surface area contributed by atoms with E-state index < -0.39 is 23.3 Å². The predicted octanol–water partition coefficient (Wildman–Crippen LogP) is 1.63. The van der Waals surface area contributed by atoms with Crippen molar-refractivity contribution in [3.05, 3.63) is 0 Å². The summed E-state index contributed by atoms with van der Waals surface area (Å²) in [7, 11) is 0. The van der Waals surface area contributed by atoms with Crippen molar-refractivity contribution >= 4 is 5.97 Å². The summed E-state index contributed by atoms with van der Waals surface area (Å²) in [6.07, 6.45) is 0.0329. The molecule has 96 valence electrons. The summed E-state index contributed by atoms with van der Waals surface area (Å²) < 4.78 is 5.03. The maximum absolute atomic E-state index is 11.4. The van der Waals surface area contributed by atoms with Crippen LogP contribution in [-0.4, -0.2) is 33.5 Å². The molecule has 16 heavy (non-hydrogen) atoms. The quantitative estimate of drug-likeness (QED) is 0.707. The molecule has 2 atom stereocenters. The van der Waals surface area contributed by atoms with Crippen molar-refractivity contribution in [2.75, 3.05) is 0 Å². The number of hydrogen-bond acceptors (Lipinski definition) is 4. The number of aliphatic hydroxyl groups is 2. The number of carbonyl (C=O) groups excluding carboxylic acids is 1. The molecule has 0 heterocycles. The smallest absolute Gasteiger partial charge is 0.335 e. The molecule has 2 N–H and O–H groups in total. The molecule has 0 aromatic heterocycles. The van der Waals surface area contributed by atoms with Crippen molar-refractivity contribution in [3.8, 4) is 0 Å². The molecule has 0 aliphatic rings. The second-order valence-electron chi connectivity index (χ2n) is 5.44. The molecule has 0 bridgehead atoms. The van der Waals surface area contributed by atoms with Gasteiger partial charge in [-0.25, -0.2) is 4.79 Å². The fourth-order valence-electron chi connectivity index (χ4n) is 1.11. The molecular formula is C12H24O4. The Morgan fingerprint density at radius 1 is 1.31 bits per heavy atom. The van der Waals surface area contributed by atoms with Crippen molar-refractivity contribution < 1.29 is 19.7 Å². The third-order valence-corrected chi connectivity index (χ3v) is 2.40. The van der Waals surface area contributed by atoms with Crippen LogP contribution in [0.1, 0.15) is 53.9 Å². The first-order valence-electron chi connectivity index (χ1n) is 5.71. The van der Waals surface area contributed by atoms with Crippen LogP contribution >= 0.6 is 0 Å². The van der Waals surface area contributed by atoms with Crippen LogP contribution in [0.4, 0.5) is 0 Å². The Hall–Kier alpha value is -0.610. The van der Waals surface area contributed by atoms with E-state index in [-0.39, 0.29) is 6.42 Å². The maximum Gasteiger partial charge on any atom is 0.335 e. The van der Waals surface area contributed by atoms with Crippen molar-refractivity contribution in [1.82, 2.24) is 0 Å². The van der Waals surface area contributed by atoms with E-state index in [1.165, 1.54) is 0 Å². The molecule has 0 aliphatic heterocycles. The summed E-state index contributed by atoms with van der Waals surface area (Å²) in [5.41, 5.74) is -1.42. The zero-order chi connectivity index (χ0) is 13.0. The van der Waals surface area contributed by atoms with Crippen LogP contribution in [0.25, 0.3) is 0 Å². The highest BCUT2D eigenvalue weighted by molar-refractivity contribution is 5.74. The normalized spacial score (nSPS) is 17.7. The van der Waals surface area contributed by atoms with Crippen LogP contribution < -0.4 is 0 Å². The Labute approximate surface area is 97.6 Å². The highest BCUT2D eigenvalue weighted by Crippen LogP contribution is 2.18. The Kier molecular flexibility index (Phi) is 5.42. The molecule has 1 unspecified atom stereocenters. The van der Waals surface area contributed by atoms with E-state index in [1.807, 2.05) is 6.92 Å². The lowest BCUT2D eigenvalue weighted by molar-refractivity contribution is -0.165. The predicted molar refractivity (Wildman–Crippen MR) is 62.0 cm³/mol. The number of aliphatic hydroxyl groups excluding tert-OH is 1. The monoisotopic (exact) mass is 232 g/mol. The van der Waals surface area contributed by atoms with Gasteiger partial charge in [-0.1, -0.05) is 6.92 Å². The number of esters is 1. The highest BCUT2D eigenvalue weighted by Gasteiger charge is 2.26. The summed E-state index contributed by atoms with van der Waals surface area (Å²) in [5, 5.41) is 19.3. The largest absolute Gasteiger partial charge is 0.458 e. The average molecular weight is 232 g/mol. The van der Waals surface area contributed by atoms with E-state index in [0.717, 1.165) is 0 Å². The zero-order valence-corrected chi connectivity index (χ0v) is 10.9. The first-order chi connectivity index (χ1) is 7.07. The lowest BCUT2D eigenvalue weighted by atomic mass is 9.95. The van der Waals surface area contributed by atoms with Gasteiger partial charge in [-0.3, -0.25) is 0 Å². The molecule has 0 aromatic rings. The summed E-state index contributed by atoms with van der Waals surface area (Å²) >= 11 is 0. The molecule has 0 saturated heterocycles. The number of rotatable bonds is 5. The van der Waals surface area contributed by atoms with Gasteiger partial charge in [-0.2, -0.15) is 0 Å². The van der Waals surface area contributed by atoms with Gasteiger partial charge in [-0.05, 0) is 47.0 Å². The average Bonchev–Trinajstić information content (AvgIpc) is 2.11. The van der Waals surface area contributed by atoms with E-state index in [1.54, 1.807) is 27.7 Å². The Balaban J connectivity index is 4.08. The van der Waals surface area contributed by atoms with Crippen LogP contribution in [0.2, 0.25) is 0 Å². The fraction of sp³-hybridized carbons (Fsp3) is 0.917. The minimum atomic E-state index is -1.16. The van der Waals surface area contributed by atoms with Crippen LogP contribution in [-0.2, 0) is 9.53 Å². The first kappa shape index (κ1) is 15.4. The van der Waals surface area contributed by atoms with Gasteiger partial charge in [0.05, 0.1) is 5.60 Å². The van der Waals surface area contributed by atoms with Gasteiger partial charge in [0.1, 0.15) is 5.60 Å². The summed E-state index contributed by atoms with van der Waals surface area (Å²) in [6, 6.07) is 0. The second kappa shape index (κ2) is 5.64. The van der Waals surface area contributed by atoms with Crippen molar-refractivity contribution in [3.63, 3.8) is 0 Å². The van der Waals surface area contributed by atoms with E-state index >= 15 is 0 Å². The topological polar surface area (TPSA) is 66.8 Å². The standard InChI is InChI=1S/C12H24O4/c1-6-12(5,15)8-7-9(13)10(14)16-11(2,3)4/h9,13,15H,6-8H2,1-5H3/t9-,12?/m0/s1. The molecule has 0 spiro atoms. The molecule has 0 rings (SSSR count). The molecule has 0 aliphatic carbocycles. The van der Waals surface area contributed by atoms with Gasteiger partial charge in [0, 0.05) is 0 Å². The van der Waals surface area contributed by atoms with Crippen molar-refractivity contribution in [1.29, 1.82) is 0 Å². The van der Waals surface area contributed by atoms with Gasteiger partial charge in [0.25, 0.3) is 0 Å². The number of carbonyl (C=O) groups is 1. The molecule has 0 fully saturated rings. The maximum atomic E-state index is 11.4. The van der Waals surface area contributed by atoms with Crippen LogP contribution in [0.3, 0.4) is 0 Å². The van der Waals surface area contributed by atoms with Crippen LogP contribution in [0.15, 0.2) is 0 Å². The Bertz CT molecular complexity index is 228. The second-order valence-corrected chi connectivity index (χ2v) is 5.44. The lowest BCUT2D eigenvalue weighted by Gasteiger charge is -2.24. The van der Waals surface area contributed by atoms with E-state index in [4.69, 9.17) is 4.74 Å². The van der Waals surface area contributed by atoms with Crippen LogP contribution in [0.5, 0.6) is 0 Å². The summed E-state index contributed by atoms with van der Waals surface area (Å²) in [6.45, 7) is 8.80. The van der Waals surface area contributed by atoms with Gasteiger partial charge in [0.15, 0.2) is 6.10 Å². The molecule has 0 aromatic carbocycles. The fourth-order valence-corrected chi connectivity index (χ4v) is 1.11. The zero-order valence-electron chi connectivity index (χ0n) is 10.9. The molecule has 0 saturated carbocycles. The molecule has 4 heteroatoms. The Morgan fingerprint density at radius 3 is 2.19 bits per heavy atom. The third kappa shape index (κ3) is 6.80. The lowest BCUT2D eigenvalue weighted by Crippen LogP contribution is -2.33. The van der Waals surface area contributed by atoms with Gasteiger partial charge >= 0.3 is 5.97 Å². The third-order valence-electron chi connectivity index (χ3n) is 2.40. The minimum Gasteiger partial charge on any atom is -0.458 e. The summed E-state index contributed by atoms with van der Waals surface area (Å²) in [4.78, 5) is 11.4. The van der Waals surface area contributed by atoms with Crippen LogP contribution in [0, 0.1) is 0 Å². The van der Waals surface area contributed by atoms with Crippen molar-refractivity contribution in [2.45, 2.75) is 71.2 Å². The number of hydrogen-bond donors (Lipinski definition) is 2. The molecule has 4 nitrogen and oxygen atoms in total. The minimum absolute atomic E-state index is 0.218. The molecule has 0 radical (unpaired) electrons. The van der Waals surface area contributed by atoms with Gasteiger partial charge in [-0.15, -0.1) is 0 Å². The van der Waals surface area contributed by atoms with Gasteiger partial charge < -0.3 is 14.9 Å².